The summed E-state index contributed by atoms with van der Waals surface area (Å²) < 4.78 is 6.73. The molecule has 1 fully saturated rings. The summed E-state index contributed by atoms with van der Waals surface area (Å²) in [5, 5.41) is 3.59. The highest BCUT2D eigenvalue weighted by Gasteiger charge is 2.21. The van der Waals surface area contributed by atoms with E-state index in [4.69, 9.17) is 4.74 Å². The molecule has 118 valence electrons. The fourth-order valence-electron chi connectivity index (χ4n) is 2.91. The van der Waals surface area contributed by atoms with Crippen molar-refractivity contribution in [3.63, 3.8) is 0 Å². The molecule has 1 unspecified atom stereocenters. The van der Waals surface area contributed by atoms with E-state index in [-0.39, 0.29) is 0 Å². The molecule has 0 radical (unpaired) electrons. The maximum absolute atomic E-state index is 5.68. The second kappa shape index (κ2) is 8.76. The standard InChI is InChI=1S/C17H27BrN2O/c1-3-10-21-17-8-7-14(11-16(17)18)12-19-13-15-6-5-9-20(15)4-2/h7-8,11,15,19H,3-6,9-10,12-13H2,1-2H3. The summed E-state index contributed by atoms with van der Waals surface area (Å²) in [5.74, 6) is 0.938. The molecule has 1 atom stereocenters. The molecule has 4 heteroatoms. The van der Waals surface area contributed by atoms with Crippen LogP contribution in [0.15, 0.2) is 22.7 Å². The Morgan fingerprint density at radius 1 is 1.38 bits per heavy atom. The molecule has 0 aromatic heterocycles. The van der Waals surface area contributed by atoms with Crippen LogP contribution in [0.5, 0.6) is 5.75 Å². The average molecular weight is 355 g/mol. The predicted octanol–water partition coefficient (Wildman–Crippen LogP) is 3.81. The van der Waals surface area contributed by atoms with E-state index >= 15 is 0 Å². The number of benzene rings is 1. The van der Waals surface area contributed by atoms with Gasteiger partial charge in [0.1, 0.15) is 5.75 Å². The third-order valence-corrected chi connectivity index (χ3v) is 4.69. The molecule has 1 saturated heterocycles. The zero-order valence-electron chi connectivity index (χ0n) is 13.2. The van der Waals surface area contributed by atoms with Gasteiger partial charge in [0.25, 0.3) is 0 Å². The van der Waals surface area contributed by atoms with Gasteiger partial charge in [-0.25, -0.2) is 0 Å². The molecule has 0 saturated carbocycles. The highest BCUT2D eigenvalue weighted by molar-refractivity contribution is 9.10. The van der Waals surface area contributed by atoms with Crippen LogP contribution in [0.4, 0.5) is 0 Å². The number of nitrogens with zero attached hydrogens (tertiary/aromatic N) is 1. The van der Waals surface area contributed by atoms with Crippen LogP contribution in [0.2, 0.25) is 0 Å². The highest BCUT2D eigenvalue weighted by atomic mass is 79.9. The number of rotatable bonds is 8. The van der Waals surface area contributed by atoms with E-state index in [2.05, 4.69) is 58.2 Å². The second-order valence-corrected chi connectivity index (χ2v) is 6.52. The van der Waals surface area contributed by atoms with Crippen molar-refractivity contribution >= 4 is 15.9 Å². The van der Waals surface area contributed by atoms with E-state index in [9.17, 15) is 0 Å². The fourth-order valence-corrected chi connectivity index (χ4v) is 3.45. The van der Waals surface area contributed by atoms with Crippen LogP contribution in [0, 0.1) is 0 Å². The molecule has 1 N–H and O–H groups in total. The van der Waals surface area contributed by atoms with Gasteiger partial charge < -0.3 is 10.1 Å². The molecule has 0 spiro atoms. The minimum atomic E-state index is 0.714. The van der Waals surface area contributed by atoms with E-state index in [0.29, 0.717) is 6.04 Å². The Bertz CT molecular complexity index is 439. The number of ether oxygens (including phenoxy) is 1. The molecular formula is C17H27BrN2O. The van der Waals surface area contributed by atoms with E-state index in [1.54, 1.807) is 0 Å². The van der Waals surface area contributed by atoms with Crippen LogP contribution >= 0.6 is 15.9 Å². The van der Waals surface area contributed by atoms with Gasteiger partial charge >= 0.3 is 0 Å². The third-order valence-electron chi connectivity index (χ3n) is 4.07. The number of hydrogen-bond donors (Lipinski definition) is 1. The summed E-state index contributed by atoms with van der Waals surface area (Å²) in [5.41, 5.74) is 1.30. The first-order valence-electron chi connectivity index (χ1n) is 8.10. The van der Waals surface area contributed by atoms with E-state index in [1.165, 1.54) is 31.5 Å². The van der Waals surface area contributed by atoms with Gasteiger partial charge in [-0.2, -0.15) is 0 Å². The quantitative estimate of drug-likeness (QED) is 0.767. The molecule has 1 aliphatic rings. The lowest BCUT2D eigenvalue weighted by Gasteiger charge is -2.23. The maximum atomic E-state index is 5.68. The van der Waals surface area contributed by atoms with Crippen LogP contribution in [-0.4, -0.2) is 37.2 Å². The average Bonchev–Trinajstić information content (AvgIpc) is 2.94. The number of halogens is 1. The van der Waals surface area contributed by atoms with Crippen LogP contribution in [-0.2, 0) is 6.54 Å². The number of hydrogen-bond acceptors (Lipinski definition) is 3. The van der Waals surface area contributed by atoms with Crippen molar-refractivity contribution in [2.45, 2.75) is 45.7 Å². The lowest BCUT2D eigenvalue weighted by molar-refractivity contribution is 0.260. The Morgan fingerprint density at radius 3 is 2.95 bits per heavy atom. The molecular weight excluding hydrogens is 328 g/mol. The summed E-state index contributed by atoms with van der Waals surface area (Å²) in [6, 6.07) is 7.08. The predicted molar refractivity (Wildman–Crippen MR) is 91.9 cm³/mol. The number of likely N-dealkylation sites (tertiary alicyclic amines) is 1. The van der Waals surface area contributed by atoms with E-state index in [0.717, 1.165) is 36.3 Å². The van der Waals surface area contributed by atoms with Gasteiger partial charge in [-0.05, 0) is 66.0 Å². The summed E-state index contributed by atoms with van der Waals surface area (Å²) in [4.78, 5) is 2.57. The minimum absolute atomic E-state index is 0.714. The summed E-state index contributed by atoms with van der Waals surface area (Å²) in [6.45, 7) is 9.57. The largest absolute Gasteiger partial charge is 0.492 e. The van der Waals surface area contributed by atoms with Gasteiger partial charge in [0.2, 0.25) is 0 Å². The van der Waals surface area contributed by atoms with Crippen molar-refractivity contribution in [3.05, 3.63) is 28.2 Å². The normalized spacial score (nSPS) is 19.1. The number of likely N-dealkylation sites (N-methyl/N-ethyl adjacent to an activating group) is 1. The number of nitrogens with one attached hydrogen (secondary N) is 1. The first-order chi connectivity index (χ1) is 10.2. The molecule has 2 rings (SSSR count). The molecule has 0 bridgehead atoms. The van der Waals surface area contributed by atoms with Gasteiger partial charge in [-0.1, -0.05) is 19.9 Å². The monoisotopic (exact) mass is 354 g/mol. The van der Waals surface area contributed by atoms with E-state index < -0.39 is 0 Å². The summed E-state index contributed by atoms with van der Waals surface area (Å²) >= 11 is 3.60. The molecule has 3 nitrogen and oxygen atoms in total. The van der Waals surface area contributed by atoms with Crippen molar-refractivity contribution in [1.29, 1.82) is 0 Å². The summed E-state index contributed by atoms with van der Waals surface area (Å²) in [6.07, 6.45) is 3.70. The lowest BCUT2D eigenvalue weighted by atomic mass is 10.2. The Balaban J connectivity index is 1.79. The van der Waals surface area contributed by atoms with Crippen molar-refractivity contribution < 1.29 is 4.74 Å². The zero-order valence-corrected chi connectivity index (χ0v) is 14.8. The van der Waals surface area contributed by atoms with Gasteiger partial charge in [-0.3, -0.25) is 4.90 Å². The van der Waals surface area contributed by atoms with Crippen LogP contribution in [0.1, 0.15) is 38.7 Å². The van der Waals surface area contributed by atoms with Crippen molar-refractivity contribution in [2.24, 2.45) is 0 Å². The Kier molecular flexibility index (Phi) is 7.00. The van der Waals surface area contributed by atoms with Gasteiger partial charge in [0.05, 0.1) is 11.1 Å². The zero-order chi connectivity index (χ0) is 15.1. The maximum Gasteiger partial charge on any atom is 0.133 e. The third kappa shape index (κ3) is 4.97. The molecule has 1 heterocycles. The Morgan fingerprint density at radius 2 is 2.24 bits per heavy atom. The summed E-state index contributed by atoms with van der Waals surface area (Å²) in [7, 11) is 0. The molecule has 21 heavy (non-hydrogen) atoms. The Hall–Kier alpha value is -0.580. The molecule has 1 aromatic carbocycles. The topological polar surface area (TPSA) is 24.5 Å². The first kappa shape index (κ1) is 16.8. The Labute approximate surface area is 137 Å². The van der Waals surface area contributed by atoms with Crippen LogP contribution in [0.3, 0.4) is 0 Å². The lowest BCUT2D eigenvalue weighted by Crippen LogP contribution is -2.37. The van der Waals surface area contributed by atoms with Crippen molar-refractivity contribution in [2.75, 3.05) is 26.2 Å². The molecule has 1 aromatic rings. The van der Waals surface area contributed by atoms with Crippen molar-refractivity contribution in [3.8, 4) is 5.75 Å². The van der Waals surface area contributed by atoms with Crippen LogP contribution < -0.4 is 10.1 Å². The smallest absolute Gasteiger partial charge is 0.133 e. The fraction of sp³-hybridized carbons (Fsp3) is 0.647. The van der Waals surface area contributed by atoms with E-state index in [1.807, 2.05) is 0 Å². The SMILES string of the molecule is CCCOc1ccc(CNCC2CCCN2CC)cc1Br. The van der Waals surface area contributed by atoms with Gasteiger partial charge in [-0.15, -0.1) is 0 Å². The van der Waals surface area contributed by atoms with Crippen LogP contribution in [0.25, 0.3) is 0 Å². The van der Waals surface area contributed by atoms with Gasteiger partial charge in [0.15, 0.2) is 0 Å². The molecule has 0 aliphatic carbocycles. The minimum Gasteiger partial charge on any atom is -0.492 e. The first-order valence-corrected chi connectivity index (χ1v) is 8.89. The van der Waals surface area contributed by atoms with Gasteiger partial charge in [0, 0.05) is 19.1 Å². The highest BCUT2D eigenvalue weighted by Crippen LogP contribution is 2.26. The second-order valence-electron chi connectivity index (χ2n) is 5.67. The molecule has 1 aliphatic heterocycles. The molecule has 0 amide bonds. The van der Waals surface area contributed by atoms with Crippen molar-refractivity contribution in [1.82, 2.24) is 10.2 Å².